The molecule has 1 aliphatic rings. The smallest absolute Gasteiger partial charge is 0.497 e. The van der Waals surface area contributed by atoms with Crippen molar-refractivity contribution >= 4 is 20.0 Å². The van der Waals surface area contributed by atoms with E-state index in [1.807, 2.05) is 54.6 Å². The highest BCUT2D eigenvalue weighted by Gasteiger charge is 2.56. The maximum atomic E-state index is 13.2. The number of anilines is 1. The van der Waals surface area contributed by atoms with Crippen LogP contribution >= 0.6 is 8.25 Å². The molecule has 5 aromatic rings. The fraction of sp³-hybridized carbons (Fsp3) is 0.216. The second kappa shape index (κ2) is 15.3. The van der Waals surface area contributed by atoms with Gasteiger partial charge in [0.05, 0.1) is 27.2 Å². The number of amides is 1. The van der Waals surface area contributed by atoms with Gasteiger partial charge in [-0.3, -0.25) is 9.36 Å². The summed E-state index contributed by atoms with van der Waals surface area (Å²) in [5.41, 5.74) is 0.363. The van der Waals surface area contributed by atoms with Gasteiger partial charge in [0.1, 0.15) is 35.2 Å². The summed E-state index contributed by atoms with van der Waals surface area (Å²) in [5, 5.41) is 14.3. The predicted octanol–water partition coefficient (Wildman–Crippen LogP) is 5.16. The maximum Gasteiger partial charge on any atom is 0.697 e. The first kappa shape index (κ1) is 35.6. The summed E-state index contributed by atoms with van der Waals surface area (Å²) in [4.78, 5) is 39.5. The molecular formula is C37H35N3O10P+. The Labute approximate surface area is 293 Å². The summed E-state index contributed by atoms with van der Waals surface area (Å²) < 4.78 is 42.1. The summed E-state index contributed by atoms with van der Waals surface area (Å²) in [6.45, 7) is -0.378. The van der Waals surface area contributed by atoms with Gasteiger partial charge in [-0.25, -0.2) is 4.79 Å². The largest absolute Gasteiger partial charge is 0.697 e. The molecule has 0 spiro atoms. The number of hydrogen-bond acceptors (Lipinski definition) is 10. The molecule has 1 fully saturated rings. The van der Waals surface area contributed by atoms with Crippen LogP contribution in [0.3, 0.4) is 0 Å². The number of ether oxygens (including phenoxy) is 4. The minimum Gasteiger partial charge on any atom is -0.497 e. The second-order valence-corrected chi connectivity index (χ2v) is 12.3. The molecule has 4 atom stereocenters. The standard InChI is InChI=1S/C37H34N3O10P/c1-46-29-17-13-27(14-18-29)37(26-11-7-4-8-12-26,28-15-19-30(47-2)20-16-28)48-24-31-36(43,50-51(44)45)23-33(49-31)40-22-21-32(39-35(40)42)38-34(41)25-9-5-3-6-10-25/h3-22,31,33,43H,23-24H2,1-2H3,(H-,38,39,41,42,44,45)/p+1/t31-,33-,36-/m1/s1. The lowest BCUT2D eigenvalue weighted by molar-refractivity contribution is -0.198. The van der Waals surface area contributed by atoms with Gasteiger partial charge in [0.2, 0.25) is 0 Å². The van der Waals surface area contributed by atoms with E-state index in [9.17, 15) is 24.2 Å². The van der Waals surface area contributed by atoms with E-state index in [0.717, 1.165) is 10.1 Å². The van der Waals surface area contributed by atoms with Crippen LogP contribution in [-0.4, -0.2) is 58.2 Å². The summed E-state index contributed by atoms with van der Waals surface area (Å²) in [6, 6.07) is 33.8. The van der Waals surface area contributed by atoms with Crippen molar-refractivity contribution in [1.29, 1.82) is 0 Å². The molecule has 262 valence electrons. The Kier molecular flexibility index (Phi) is 10.7. The van der Waals surface area contributed by atoms with E-state index in [2.05, 4.69) is 10.3 Å². The number of rotatable bonds is 13. The monoisotopic (exact) mass is 712 g/mol. The number of benzene rings is 4. The third kappa shape index (κ3) is 7.59. The van der Waals surface area contributed by atoms with Gasteiger partial charge in [0, 0.05) is 16.3 Å². The van der Waals surface area contributed by atoms with Crippen molar-refractivity contribution in [2.24, 2.45) is 0 Å². The molecule has 0 bridgehead atoms. The van der Waals surface area contributed by atoms with Crippen LogP contribution in [0.25, 0.3) is 0 Å². The fourth-order valence-electron chi connectivity index (χ4n) is 6.04. The third-order valence-electron chi connectivity index (χ3n) is 8.57. The second-order valence-electron chi connectivity index (χ2n) is 11.6. The maximum absolute atomic E-state index is 13.2. The van der Waals surface area contributed by atoms with E-state index in [0.29, 0.717) is 28.2 Å². The van der Waals surface area contributed by atoms with Crippen molar-refractivity contribution in [2.45, 2.75) is 30.1 Å². The minimum absolute atomic E-state index is 0.000407. The first-order chi connectivity index (χ1) is 24.6. The van der Waals surface area contributed by atoms with E-state index >= 15 is 0 Å². The highest BCUT2D eigenvalue weighted by molar-refractivity contribution is 7.32. The van der Waals surface area contributed by atoms with E-state index in [4.69, 9.17) is 23.5 Å². The van der Waals surface area contributed by atoms with E-state index in [1.165, 1.54) is 12.3 Å². The van der Waals surface area contributed by atoms with Crippen molar-refractivity contribution in [3.8, 4) is 11.5 Å². The van der Waals surface area contributed by atoms with Gasteiger partial charge in [-0.05, 0) is 59.2 Å². The van der Waals surface area contributed by atoms with Gasteiger partial charge in [0.15, 0.2) is 0 Å². The lowest BCUT2D eigenvalue weighted by Crippen LogP contribution is -2.45. The van der Waals surface area contributed by atoms with Crippen LogP contribution in [0.2, 0.25) is 0 Å². The Hall–Kier alpha value is -5.27. The summed E-state index contributed by atoms with van der Waals surface area (Å²) in [6.07, 6.45) is -1.65. The first-order valence-electron chi connectivity index (χ1n) is 15.8. The third-order valence-corrected chi connectivity index (χ3v) is 9.04. The summed E-state index contributed by atoms with van der Waals surface area (Å²) >= 11 is 0. The topological polar surface area (TPSA) is 168 Å². The average Bonchev–Trinajstić information content (AvgIpc) is 3.47. The molecule has 1 unspecified atom stereocenters. The number of aliphatic hydroxyl groups is 1. The zero-order valence-corrected chi connectivity index (χ0v) is 28.5. The van der Waals surface area contributed by atoms with E-state index in [1.54, 1.807) is 68.8 Å². The SMILES string of the molecule is COc1ccc(C(OC[C@H]2O[C@@H](n3ccc(NC(=O)c4ccccc4)nc3=O)C[C@@]2(O)O[P+](=O)O)(c2ccccc2)c2ccc(OC)cc2)cc1. The molecule has 1 aromatic heterocycles. The molecule has 0 radical (unpaired) electrons. The number of methoxy groups -OCH3 is 2. The Morgan fingerprint density at radius 1 is 0.902 bits per heavy atom. The van der Waals surface area contributed by atoms with E-state index < -0.39 is 50.0 Å². The van der Waals surface area contributed by atoms with Gasteiger partial charge in [-0.15, -0.1) is 4.89 Å². The molecule has 14 heteroatoms. The molecule has 1 aliphatic heterocycles. The lowest BCUT2D eigenvalue weighted by Gasteiger charge is -2.37. The molecule has 1 amide bonds. The normalized spacial score (nSPS) is 18.9. The molecule has 0 saturated carbocycles. The van der Waals surface area contributed by atoms with Crippen LogP contribution < -0.4 is 20.5 Å². The number of nitrogens with one attached hydrogen (secondary N) is 1. The fourth-order valence-corrected chi connectivity index (χ4v) is 6.51. The first-order valence-corrected chi connectivity index (χ1v) is 17.0. The Morgan fingerprint density at radius 2 is 1.45 bits per heavy atom. The molecule has 13 nitrogen and oxygen atoms in total. The number of aromatic nitrogens is 2. The predicted molar refractivity (Wildman–Crippen MR) is 186 cm³/mol. The summed E-state index contributed by atoms with van der Waals surface area (Å²) in [5.74, 6) is -1.58. The zero-order valence-electron chi connectivity index (χ0n) is 27.6. The molecule has 51 heavy (non-hydrogen) atoms. The molecular weight excluding hydrogens is 677 g/mol. The van der Waals surface area contributed by atoms with Crippen LogP contribution in [-0.2, 0) is 24.2 Å². The molecule has 3 N–H and O–H groups in total. The molecule has 4 aromatic carbocycles. The Morgan fingerprint density at radius 3 is 1.98 bits per heavy atom. The van der Waals surface area contributed by atoms with Crippen molar-refractivity contribution < 1.29 is 42.8 Å². The molecule has 1 saturated heterocycles. The van der Waals surface area contributed by atoms with Crippen LogP contribution in [0.15, 0.2) is 126 Å². The molecule has 6 rings (SSSR count). The lowest BCUT2D eigenvalue weighted by atomic mass is 9.80. The van der Waals surface area contributed by atoms with Gasteiger partial charge in [-0.1, -0.05) is 77.3 Å². The summed E-state index contributed by atoms with van der Waals surface area (Å²) in [7, 11) is -0.186. The zero-order chi connectivity index (χ0) is 36.0. The quantitative estimate of drug-likeness (QED) is 0.0838. The minimum atomic E-state index is -3.32. The number of hydrogen-bond donors (Lipinski definition) is 3. The van der Waals surface area contributed by atoms with Crippen molar-refractivity contribution in [3.63, 3.8) is 0 Å². The van der Waals surface area contributed by atoms with Crippen molar-refractivity contribution in [2.75, 3.05) is 26.1 Å². The molecule has 2 heterocycles. The van der Waals surface area contributed by atoms with Crippen molar-refractivity contribution in [3.05, 3.63) is 154 Å². The van der Waals surface area contributed by atoms with Crippen LogP contribution in [0, 0.1) is 0 Å². The highest BCUT2D eigenvalue weighted by Crippen LogP contribution is 2.46. The van der Waals surface area contributed by atoms with E-state index in [-0.39, 0.29) is 12.4 Å². The number of carbonyl (C=O) groups is 1. The number of carbonyl (C=O) groups excluding carboxylic acids is 1. The van der Waals surface area contributed by atoms with Crippen molar-refractivity contribution in [1.82, 2.24) is 9.55 Å². The van der Waals surface area contributed by atoms with Gasteiger partial charge in [-0.2, -0.15) is 4.98 Å². The molecule has 0 aliphatic carbocycles. The average molecular weight is 713 g/mol. The van der Waals surface area contributed by atoms with Crippen LogP contribution in [0.5, 0.6) is 11.5 Å². The van der Waals surface area contributed by atoms with Crippen LogP contribution in [0.4, 0.5) is 5.82 Å². The van der Waals surface area contributed by atoms with Gasteiger partial charge < -0.3 is 29.4 Å². The van der Waals surface area contributed by atoms with Gasteiger partial charge in [0.25, 0.3) is 11.7 Å². The Bertz CT molecular complexity index is 1980. The highest BCUT2D eigenvalue weighted by atomic mass is 31.1. The van der Waals surface area contributed by atoms with Gasteiger partial charge >= 0.3 is 13.9 Å². The Balaban J connectivity index is 1.34. The number of nitrogens with zero attached hydrogens (tertiary/aromatic N) is 2. The van der Waals surface area contributed by atoms with Crippen LogP contribution in [0.1, 0.15) is 39.7 Å².